The Hall–Kier alpha value is -1.88. The number of β-amino-alcohol motifs (C(OH)–C–C–N with tert-alkyl or cyclic N) is 1. The van der Waals surface area contributed by atoms with E-state index in [0.29, 0.717) is 32.3 Å². The second-order valence-corrected chi connectivity index (χ2v) is 8.73. The van der Waals surface area contributed by atoms with Crippen LogP contribution in [0, 0.1) is 5.92 Å². The van der Waals surface area contributed by atoms with Gasteiger partial charge in [-0.3, -0.25) is 0 Å². The quantitative estimate of drug-likeness (QED) is 0.552. The van der Waals surface area contributed by atoms with Gasteiger partial charge in [-0.25, -0.2) is 0 Å². The standard InChI is InChI=1S/C26H37NO3/c1-21(2)24-8-10-26(11-9-24)30-17-16-29-20-25(28)19-27-14-12-23(13-15-27)18-22-6-4-3-5-7-22/h3-11,21,23,25,28H,12-20H2,1-2H3. The van der Waals surface area contributed by atoms with Crippen LogP contribution in [0.15, 0.2) is 54.6 Å². The van der Waals surface area contributed by atoms with E-state index < -0.39 is 6.10 Å². The predicted molar refractivity (Wildman–Crippen MR) is 122 cm³/mol. The van der Waals surface area contributed by atoms with Gasteiger partial charge in [-0.15, -0.1) is 0 Å². The molecule has 30 heavy (non-hydrogen) atoms. The van der Waals surface area contributed by atoms with Crippen LogP contribution in [0.5, 0.6) is 5.75 Å². The smallest absolute Gasteiger partial charge is 0.119 e. The Bertz CT molecular complexity index is 709. The van der Waals surface area contributed by atoms with E-state index >= 15 is 0 Å². The zero-order valence-electron chi connectivity index (χ0n) is 18.5. The summed E-state index contributed by atoms with van der Waals surface area (Å²) in [5.41, 5.74) is 2.74. The van der Waals surface area contributed by atoms with Crippen LogP contribution < -0.4 is 4.74 Å². The Morgan fingerprint density at radius 2 is 1.67 bits per heavy atom. The Morgan fingerprint density at radius 1 is 0.967 bits per heavy atom. The first-order valence-electron chi connectivity index (χ1n) is 11.3. The van der Waals surface area contributed by atoms with E-state index in [1.807, 2.05) is 12.1 Å². The van der Waals surface area contributed by atoms with Gasteiger partial charge in [-0.2, -0.15) is 0 Å². The molecule has 0 aromatic heterocycles. The fraction of sp³-hybridized carbons (Fsp3) is 0.538. The van der Waals surface area contributed by atoms with Gasteiger partial charge in [0.2, 0.25) is 0 Å². The minimum Gasteiger partial charge on any atom is -0.491 e. The summed E-state index contributed by atoms with van der Waals surface area (Å²) in [5.74, 6) is 2.14. The molecule has 2 aromatic rings. The lowest BCUT2D eigenvalue weighted by Crippen LogP contribution is -2.40. The van der Waals surface area contributed by atoms with Crippen molar-refractivity contribution < 1.29 is 14.6 Å². The normalized spacial score (nSPS) is 16.7. The van der Waals surface area contributed by atoms with Crippen LogP contribution in [0.3, 0.4) is 0 Å². The molecule has 1 atom stereocenters. The van der Waals surface area contributed by atoms with E-state index in [0.717, 1.165) is 24.8 Å². The lowest BCUT2D eigenvalue weighted by molar-refractivity contribution is 0.00291. The number of rotatable bonds is 11. The number of aliphatic hydroxyl groups is 1. The first kappa shape index (κ1) is 22.8. The molecular formula is C26H37NO3. The minimum absolute atomic E-state index is 0.361. The number of aliphatic hydroxyl groups excluding tert-OH is 1. The molecule has 1 unspecified atom stereocenters. The fourth-order valence-electron chi connectivity index (χ4n) is 4.06. The van der Waals surface area contributed by atoms with Gasteiger partial charge in [0.1, 0.15) is 12.4 Å². The molecule has 0 amide bonds. The highest BCUT2D eigenvalue weighted by Crippen LogP contribution is 2.22. The summed E-state index contributed by atoms with van der Waals surface area (Å²) in [6.07, 6.45) is 3.12. The number of likely N-dealkylation sites (tertiary alicyclic amines) is 1. The van der Waals surface area contributed by atoms with Gasteiger partial charge in [0.25, 0.3) is 0 Å². The molecule has 3 rings (SSSR count). The number of hydrogen-bond donors (Lipinski definition) is 1. The van der Waals surface area contributed by atoms with E-state index in [1.165, 1.54) is 30.4 Å². The topological polar surface area (TPSA) is 41.9 Å². The third kappa shape index (κ3) is 7.75. The van der Waals surface area contributed by atoms with Crippen LogP contribution in [0.25, 0.3) is 0 Å². The maximum Gasteiger partial charge on any atom is 0.119 e. The van der Waals surface area contributed by atoms with Gasteiger partial charge >= 0.3 is 0 Å². The summed E-state index contributed by atoms with van der Waals surface area (Å²) in [5, 5.41) is 10.3. The molecule has 0 radical (unpaired) electrons. The van der Waals surface area contributed by atoms with Crippen LogP contribution in [-0.4, -0.2) is 55.6 Å². The lowest BCUT2D eigenvalue weighted by Gasteiger charge is -2.33. The van der Waals surface area contributed by atoms with Gasteiger partial charge in [0.15, 0.2) is 0 Å². The molecule has 1 aliphatic heterocycles. The third-order valence-electron chi connectivity index (χ3n) is 5.90. The summed E-state index contributed by atoms with van der Waals surface area (Å²) >= 11 is 0. The van der Waals surface area contributed by atoms with E-state index in [4.69, 9.17) is 9.47 Å². The molecule has 0 aliphatic carbocycles. The number of benzene rings is 2. The van der Waals surface area contributed by atoms with Crippen molar-refractivity contribution >= 4 is 0 Å². The molecule has 4 nitrogen and oxygen atoms in total. The molecule has 0 bridgehead atoms. The molecule has 1 heterocycles. The number of piperidine rings is 1. The predicted octanol–water partition coefficient (Wildman–Crippen LogP) is 4.52. The number of hydrogen-bond acceptors (Lipinski definition) is 4. The minimum atomic E-state index is -0.444. The van der Waals surface area contributed by atoms with E-state index in [1.54, 1.807) is 0 Å². The first-order chi connectivity index (χ1) is 14.6. The zero-order chi connectivity index (χ0) is 21.2. The van der Waals surface area contributed by atoms with Crippen molar-refractivity contribution in [1.29, 1.82) is 0 Å². The van der Waals surface area contributed by atoms with Crippen molar-refractivity contribution in [3.8, 4) is 5.75 Å². The SMILES string of the molecule is CC(C)c1ccc(OCCOCC(O)CN2CCC(Cc3ccccc3)CC2)cc1. The van der Waals surface area contributed by atoms with Crippen LogP contribution >= 0.6 is 0 Å². The van der Waals surface area contributed by atoms with Gasteiger partial charge in [0.05, 0.1) is 19.3 Å². The van der Waals surface area contributed by atoms with Crippen molar-refractivity contribution in [1.82, 2.24) is 4.90 Å². The van der Waals surface area contributed by atoms with Crippen LogP contribution in [0.1, 0.15) is 43.7 Å². The average molecular weight is 412 g/mol. The first-order valence-corrected chi connectivity index (χ1v) is 11.3. The van der Waals surface area contributed by atoms with Crippen molar-refractivity contribution in [2.45, 2.75) is 45.1 Å². The highest BCUT2D eigenvalue weighted by molar-refractivity contribution is 5.28. The molecule has 164 valence electrons. The Labute approximate surface area is 181 Å². The van der Waals surface area contributed by atoms with E-state index in [-0.39, 0.29) is 0 Å². The monoisotopic (exact) mass is 411 g/mol. The Balaban J connectivity index is 1.24. The molecule has 1 N–H and O–H groups in total. The molecule has 0 saturated carbocycles. The van der Waals surface area contributed by atoms with Gasteiger partial charge in [-0.1, -0.05) is 56.3 Å². The highest BCUT2D eigenvalue weighted by Gasteiger charge is 2.21. The number of nitrogens with zero attached hydrogens (tertiary/aromatic N) is 1. The number of ether oxygens (including phenoxy) is 2. The van der Waals surface area contributed by atoms with Crippen molar-refractivity contribution in [3.63, 3.8) is 0 Å². The maximum absolute atomic E-state index is 10.3. The Kier molecular flexibility index (Phi) is 9.19. The van der Waals surface area contributed by atoms with Crippen molar-refractivity contribution in [3.05, 3.63) is 65.7 Å². The van der Waals surface area contributed by atoms with Crippen LogP contribution in [-0.2, 0) is 11.2 Å². The lowest BCUT2D eigenvalue weighted by atomic mass is 9.90. The molecule has 1 saturated heterocycles. The molecule has 0 spiro atoms. The molecule has 1 fully saturated rings. The van der Waals surface area contributed by atoms with Crippen LogP contribution in [0.4, 0.5) is 0 Å². The van der Waals surface area contributed by atoms with E-state index in [2.05, 4.69) is 61.2 Å². The molecule has 4 heteroatoms. The van der Waals surface area contributed by atoms with Crippen LogP contribution in [0.2, 0.25) is 0 Å². The highest BCUT2D eigenvalue weighted by atomic mass is 16.5. The van der Waals surface area contributed by atoms with Gasteiger partial charge in [-0.05, 0) is 67.4 Å². The largest absolute Gasteiger partial charge is 0.491 e. The van der Waals surface area contributed by atoms with E-state index in [9.17, 15) is 5.11 Å². The Morgan fingerprint density at radius 3 is 2.33 bits per heavy atom. The second-order valence-electron chi connectivity index (χ2n) is 8.73. The summed E-state index contributed by atoms with van der Waals surface area (Å²) < 4.78 is 11.3. The second kappa shape index (κ2) is 12.1. The van der Waals surface area contributed by atoms with Gasteiger partial charge in [0, 0.05) is 6.54 Å². The maximum atomic E-state index is 10.3. The zero-order valence-corrected chi connectivity index (χ0v) is 18.5. The third-order valence-corrected chi connectivity index (χ3v) is 5.90. The average Bonchev–Trinajstić information content (AvgIpc) is 2.76. The van der Waals surface area contributed by atoms with Gasteiger partial charge < -0.3 is 19.5 Å². The summed E-state index contributed by atoms with van der Waals surface area (Å²) in [7, 11) is 0. The summed E-state index contributed by atoms with van der Waals surface area (Å²) in [6, 6.07) is 19.0. The van der Waals surface area contributed by atoms with Crippen molar-refractivity contribution in [2.24, 2.45) is 5.92 Å². The molecule has 2 aromatic carbocycles. The molecular weight excluding hydrogens is 374 g/mol. The molecule has 1 aliphatic rings. The fourth-order valence-corrected chi connectivity index (χ4v) is 4.06. The summed E-state index contributed by atoms with van der Waals surface area (Å²) in [6.45, 7) is 8.52. The van der Waals surface area contributed by atoms with Crippen molar-refractivity contribution in [2.75, 3.05) is 39.5 Å². The summed E-state index contributed by atoms with van der Waals surface area (Å²) in [4.78, 5) is 2.36.